The summed E-state index contributed by atoms with van der Waals surface area (Å²) in [5.41, 5.74) is 9.74. The van der Waals surface area contributed by atoms with Gasteiger partial charge in [-0.15, -0.1) is 11.3 Å². The Morgan fingerprint density at radius 2 is 1.10 bits per heavy atom. The molecule has 0 unspecified atom stereocenters. The number of benzene rings is 8. The van der Waals surface area contributed by atoms with Crippen LogP contribution in [-0.4, -0.2) is 0 Å². The van der Waals surface area contributed by atoms with Gasteiger partial charge in [0.25, 0.3) is 0 Å². The highest BCUT2D eigenvalue weighted by molar-refractivity contribution is 7.25. The van der Waals surface area contributed by atoms with Gasteiger partial charge in [0.1, 0.15) is 11.2 Å². The quantitative estimate of drug-likeness (QED) is 0.186. The molecule has 0 fully saturated rings. The number of anilines is 3. The number of hydrogen-bond acceptors (Lipinski definition) is 3. The van der Waals surface area contributed by atoms with Crippen molar-refractivity contribution in [2.75, 3.05) is 4.90 Å². The van der Waals surface area contributed by atoms with Crippen LogP contribution in [-0.2, 0) is 0 Å². The number of thiophene rings is 1. The highest BCUT2D eigenvalue weighted by Crippen LogP contribution is 2.47. The summed E-state index contributed by atoms with van der Waals surface area (Å²) in [4.78, 5) is 2.41. The van der Waals surface area contributed by atoms with Gasteiger partial charge in [0.2, 0.25) is 0 Å². The highest BCUT2D eigenvalue weighted by Gasteiger charge is 2.22. The van der Waals surface area contributed by atoms with Gasteiger partial charge in [-0.1, -0.05) is 121 Å². The molecule has 0 aliphatic rings. The third-order valence-electron chi connectivity index (χ3n) is 9.64. The molecule has 49 heavy (non-hydrogen) atoms. The summed E-state index contributed by atoms with van der Waals surface area (Å²) in [7, 11) is 0. The van der Waals surface area contributed by atoms with Crippen LogP contribution in [0.25, 0.3) is 75.1 Å². The first kappa shape index (κ1) is 27.9. The van der Waals surface area contributed by atoms with Gasteiger partial charge in [0, 0.05) is 36.8 Å². The molecule has 230 valence electrons. The zero-order valence-electron chi connectivity index (χ0n) is 26.5. The van der Waals surface area contributed by atoms with Gasteiger partial charge in [-0.2, -0.15) is 0 Å². The van der Waals surface area contributed by atoms with E-state index in [0.717, 1.165) is 44.6 Å². The molecule has 0 aliphatic carbocycles. The lowest BCUT2D eigenvalue weighted by Gasteiger charge is -2.29. The zero-order chi connectivity index (χ0) is 32.3. The molecule has 0 saturated carbocycles. The van der Waals surface area contributed by atoms with Gasteiger partial charge < -0.3 is 9.32 Å². The Bertz CT molecular complexity index is 2860. The molecule has 0 aliphatic heterocycles. The number of hydrogen-bond donors (Lipinski definition) is 0. The van der Waals surface area contributed by atoms with E-state index in [1.807, 2.05) is 17.4 Å². The number of fused-ring (bicyclic) bond motifs is 7. The molecule has 10 aromatic rings. The van der Waals surface area contributed by atoms with E-state index in [1.54, 1.807) is 0 Å². The van der Waals surface area contributed by atoms with Crippen molar-refractivity contribution in [3.05, 3.63) is 176 Å². The predicted molar refractivity (Wildman–Crippen MR) is 210 cm³/mol. The van der Waals surface area contributed by atoms with E-state index in [1.165, 1.54) is 47.6 Å². The fraction of sp³-hybridized carbons (Fsp3) is 0. The molecule has 2 nitrogen and oxygen atoms in total. The standard InChI is InChI=1S/C46H29NOS/c1-2-12-31-27-34(24-23-30(31)11-1)36-15-3-6-18-40(36)47(41-19-10-21-43-46(41)39-17-4-7-20-42(39)48-43)35-14-9-13-32(28-35)33-25-26-38-37-16-5-8-22-44(37)49-45(38)29-33/h1-29H. The van der Waals surface area contributed by atoms with Gasteiger partial charge >= 0.3 is 0 Å². The molecule has 0 spiro atoms. The topological polar surface area (TPSA) is 16.4 Å². The van der Waals surface area contributed by atoms with Crippen molar-refractivity contribution in [1.82, 2.24) is 0 Å². The molecule has 2 heterocycles. The van der Waals surface area contributed by atoms with Crippen LogP contribution < -0.4 is 4.90 Å². The molecule has 0 N–H and O–H groups in total. The van der Waals surface area contributed by atoms with E-state index in [4.69, 9.17) is 4.42 Å². The summed E-state index contributed by atoms with van der Waals surface area (Å²) in [6.07, 6.45) is 0. The summed E-state index contributed by atoms with van der Waals surface area (Å²) in [5.74, 6) is 0. The number of para-hydroxylation sites is 2. The SMILES string of the molecule is c1cc(-c2ccc3c(c2)sc2ccccc23)cc(N(c2ccccc2-c2ccc3ccccc3c2)c2cccc3oc4ccccc4c23)c1. The Kier molecular flexibility index (Phi) is 6.39. The van der Waals surface area contributed by atoms with Crippen LogP contribution in [0.1, 0.15) is 0 Å². The van der Waals surface area contributed by atoms with E-state index in [9.17, 15) is 0 Å². The third kappa shape index (κ3) is 4.62. The van der Waals surface area contributed by atoms with E-state index in [0.29, 0.717) is 0 Å². The van der Waals surface area contributed by atoms with Gasteiger partial charge in [-0.25, -0.2) is 0 Å². The number of rotatable bonds is 5. The van der Waals surface area contributed by atoms with Crippen molar-refractivity contribution >= 4 is 81.3 Å². The molecule has 8 aromatic carbocycles. The maximum atomic E-state index is 6.41. The summed E-state index contributed by atoms with van der Waals surface area (Å²) in [5, 5.41) is 7.29. The normalized spacial score (nSPS) is 11.7. The van der Waals surface area contributed by atoms with Crippen molar-refractivity contribution in [3.63, 3.8) is 0 Å². The Balaban J connectivity index is 1.21. The van der Waals surface area contributed by atoms with E-state index in [-0.39, 0.29) is 0 Å². The molecular weight excluding hydrogens is 615 g/mol. The molecule has 10 rings (SSSR count). The first-order valence-electron chi connectivity index (χ1n) is 16.6. The van der Waals surface area contributed by atoms with Crippen molar-refractivity contribution in [1.29, 1.82) is 0 Å². The van der Waals surface area contributed by atoms with Crippen LogP contribution in [0.15, 0.2) is 180 Å². The average molecular weight is 644 g/mol. The fourth-order valence-electron chi connectivity index (χ4n) is 7.35. The first-order valence-corrected chi connectivity index (χ1v) is 17.4. The van der Waals surface area contributed by atoms with Crippen LogP contribution in [0.4, 0.5) is 17.1 Å². The van der Waals surface area contributed by atoms with Gasteiger partial charge in [-0.3, -0.25) is 0 Å². The van der Waals surface area contributed by atoms with Crippen LogP contribution in [0, 0.1) is 0 Å². The van der Waals surface area contributed by atoms with Crippen LogP contribution in [0.2, 0.25) is 0 Å². The smallest absolute Gasteiger partial charge is 0.137 e. The minimum Gasteiger partial charge on any atom is -0.456 e. The summed E-state index contributed by atoms with van der Waals surface area (Å²) >= 11 is 1.86. The second-order valence-corrected chi connectivity index (χ2v) is 13.6. The third-order valence-corrected chi connectivity index (χ3v) is 10.8. The zero-order valence-corrected chi connectivity index (χ0v) is 27.3. The van der Waals surface area contributed by atoms with E-state index < -0.39 is 0 Å². The second kappa shape index (κ2) is 11.2. The minimum atomic E-state index is 0.873. The Hall–Kier alpha value is -6.16. The van der Waals surface area contributed by atoms with Crippen molar-refractivity contribution in [3.8, 4) is 22.3 Å². The van der Waals surface area contributed by atoms with Crippen LogP contribution in [0.3, 0.4) is 0 Å². The molecule has 0 atom stereocenters. The Morgan fingerprint density at radius 1 is 0.408 bits per heavy atom. The number of nitrogens with zero attached hydrogens (tertiary/aromatic N) is 1. The number of furan rings is 1. The van der Waals surface area contributed by atoms with Gasteiger partial charge in [-0.05, 0) is 82.1 Å². The van der Waals surface area contributed by atoms with Crippen molar-refractivity contribution < 1.29 is 4.42 Å². The molecular formula is C46H29NOS. The van der Waals surface area contributed by atoms with Crippen molar-refractivity contribution in [2.24, 2.45) is 0 Å². The fourth-order valence-corrected chi connectivity index (χ4v) is 8.50. The van der Waals surface area contributed by atoms with Crippen molar-refractivity contribution in [2.45, 2.75) is 0 Å². The predicted octanol–water partition coefficient (Wildman–Crippen LogP) is 13.9. The largest absolute Gasteiger partial charge is 0.456 e. The van der Waals surface area contributed by atoms with Crippen LogP contribution >= 0.6 is 11.3 Å². The maximum Gasteiger partial charge on any atom is 0.137 e. The molecule has 2 aromatic heterocycles. The molecule has 0 saturated heterocycles. The lowest BCUT2D eigenvalue weighted by Crippen LogP contribution is -2.11. The summed E-state index contributed by atoms with van der Waals surface area (Å²) in [6, 6.07) is 63.3. The monoisotopic (exact) mass is 643 g/mol. The lowest BCUT2D eigenvalue weighted by molar-refractivity contribution is 0.669. The maximum absolute atomic E-state index is 6.41. The Morgan fingerprint density at radius 3 is 2.06 bits per heavy atom. The minimum absolute atomic E-state index is 0.873. The lowest BCUT2D eigenvalue weighted by atomic mass is 9.97. The van der Waals surface area contributed by atoms with Crippen LogP contribution in [0.5, 0.6) is 0 Å². The molecule has 3 heteroatoms. The first-order chi connectivity index (χ1) is 24.3. The summed E-state index contributed by atoms with van der Waals surface area (Å²) in [6.45, 7) is 0. The van der Waals surface area contributed by atoms with Gasteiger partial charge in [0.15, 0.2) is 0 Å². The van der Waals surface area contributed by atoms with E-state index in [2.05, 4.69) is 175 Å². The Labute approximate surface area is 287 Å². The van der Waals surface area contributed by atoms with Gasteiger partial charge in [0.05, 0.1) is 16.8 Å². The average Bonchev–Trinajstić information content (AvgIpc) is 3.74. The summed E-state index contributed by atoms with van der Waals surface area (Å²) < 4.78 is 9.03. The molecule has 0 bridgehead atoms. The van der Waals surface area contributed by atoms with E-state index >= 15 is 0 Å². The molecule has 0 radical (unpaired) electrons. The second-order valence-electron chi connectivity index (χ2n) is 12.5. The highest BCUT2D eigenvalue weighted by atomic mass is 32.1. The molecule has 0 amide bonds.